The van der Waals surface area contributed by atoms with Crippen LogP contribution in [0.5, 0.6) is 5.75 Å². The number of rotatable bonds is 6. The van der Waals surface area contributed by atoms with E-state index in [2.05, 4.69) is 20.6 Å². The van der Waals surface area contributed by atoms with Crippen molar-refractivity contribution >= 4 is 17.2 Å². The third-order valence-corrected chi connectivity index (χ3v) is 5.46. The number of aliphatic hydroxyl groups excluding tert-OH is 1. The van der Waals surface area contributed by atoms with Crippen molar-refractivity contribution in [2.45, 2.75) is 44.9 Å². The predicted molar refractivity (Wildman–Crippen MR) is 101 cm³/mol. The molecule has 26 heavy (non-hydrogen) atoms. The Balaban J connectivity index is 1.42. The number of nitrogens with zero attached hydrogens (tertiary/aromatic N) is 2. The standard InChI is InChI=1S/C19H25N3O3S/c1-13-20-15(12-26-13)10-22-9-8-17(18(24)11-22)21-19(25)7-4-14-2-5-16(23)6-3-14/h2-3,5-6,12,17-18,23-24H,4,7-11H2,1H3,(H,21,25)/t17-,18-/m1/s1. The first-order valence-electron chi connectivity index (χ1n) is 8.88. The van der Waals surface area contributed by atoms with Gasteiger partial charge in [0.05, 0.1) is 22.8 Å². The molecule has 2 aromatic rings. The Morgan fingerprint density at radius 3 is 2.81 bits per heavy atom. The number of carbonyl (C=O) groups is 1. The van der Waals surface area contributed by atoms with Crippen LogP contribution in [-0.2, 0) is 17.8 Å². The highest BCUT2D eigenvalue weighted by Crippen LogP contribution is 2.17. The Hall–Kier alpha value is -1.96. The number of phenols is 1. The van der Waals surface area contributed by atoms with Crippen LogP contribution >= 0.6 is 11.3 Å². The number of aliphatic hydroxyl groups is 1. The van der Waals surface area contributed by atoms with E-state index in [1.54, 1.807) is 23.5 Å². The van der Waals surface area contributed by atoms with Gasteiger partial charge >= 0.3 is 0 Å². The lowest BCUT2D eigenvalue weighted by Crippen LogP contribution is -2.53. The van der Waals surface area contributed by atoms with E-state index in [0.29, 0.717) is 19.4 Å². The average molecular weight is 375 g/mol. The molecule has 2 atom stereocenters. The van der Waals surface area contributed by atoms with Gasteiger partial charge in [0.1, 0.15) is 5.75 Å². The van der Waals surface area contributed by atoms with E-state index < -0.39 is 6.10 Å². The SMILES string of the molecule is Cc1nc(CN2CC[C@@H](NC(=O)CCc3ccc(O)cc3)[C@H](O)C2)cs1. The molecular weight excluding hydrogens is 350 g/mol. The van der Waals surface area contributed by atoms with Gasteiger partial charge in [-0.3, -0.25) is 9.69 Å². The number of piperidine rings is 1. The van der Waals surface area contributed by atoms with Crippen molar-refractivity contribution in [1.82, 2.24) is 15.2 Å². The number of likely N-dealkylation sites (tertiary alicyclic amines) is 1. The second-order valence-electron chi connectivity index (χ2n) is 6.79. The van der Waals surface area contributed by atoms with Crippen molar-refractivity contribution in [2.75, 3.05) is 13.1 Å². The number of benzene rings is 1. The van der Waals surface area contributed by atoms with Gasteiger partial charge in [0.15, 0.2) is 0 Å². The molecule has 0 aliphatic carbocycles. The van der Waals surface area contributed by atoms with Gasteiger partial charge in [-0.05, 0) is 37.5 Å². The second kappa shape index (κ2) is 8.62. The van der Waals surface area contributed by atoms with Crippen LogP contribution in [0.25, 0.3) is 0 Å². The lowest BCUT2D eigenvalue weighted by Gasteiger charge is -2.36. The van der Waals surface area contributed by atoms with Crippen molar-refractivity contribution in [3.8, 4) is 5.75 Å². The first-order valence-corrected chi connectivity index (χ1v) is 9.76. The molecule has 3 N–H and O–H groups in total. The van der Waals surface area contributed by atoms with Crippen molar-refractivity contribution in [3.05, 3.63) is 45.9 Å². The highest BCUT2D eigenvalue weighted by molar-refractivity contribution is 7.09. The number of aromatic hydroxyl groups is 1. The summed E-state index contributed by atoms with van der Waals surface area (Å²) in [4.78, 5) is 18.8. The fourth-order valence-electron chi connectivity index (χ4n) is 3.22. The molecule has 140 valence electrons. The number of aromatic nitrogens is 1. The zero-order valence-corrected chi connectivity index (χ0v) is 15.7. The fourth-order valence-corrected chi connectivity index (χ4v) is 3.82. The maximum absolute atomic E-state index is 12.2. The lowest BCUT2D eigenvalue weighted by atomic mass is 10.0. The third-order valence-electron chi connectivity index (χ3n) is 4.64. The number of aryl methyl sites for hydroxylation is 2. The first-order chi connectivity index (χ1) is 12.5. The Kier molecular flexibility index (Phi) is 6.24. The van der Waals surface area contributed by atoms with E-state index in [1.807, 2.05) is 19.1 Å². The molecule has 0 unspecified atom stereocenters. The molecule has 0 bridgehead atoms. The Labute approximate surface area is 157 Å². The number of amides is 1. The van der Waals surface area contributed by atoms with Crippen molar-refractivity contribution in [3.63, 3.8) is 0 Å². The Morgan fingerprint density at radius 1 is 1.38 bits per heavy atom. The van der Waals surface area contributed by atoms with E-state index in [1.165, 1.54) is 0 Å². The quantitative estimate of drug-likeness (QED) is 0.717. The molecule has 1 aromatic heterocycles. The van der Waals surface area contributed by atoms with E-state index in [9.17, 15) is 15.0 Å². The van der Waals surface area contributed by atoms with Crippen molar-refractivity contribution in [2.24, 2.45) is 0 Å². The molecule has 7 heteroatoms. The summed E-state index contributed by atoms with van der Waals surface area (Å²) >= 11 is 1.64. The zero-order chi connectivity index (χ0) is 18.5. The number of hydrogen-bond donors (Lipinski definition) is 3. The molecule has 0 radical (unpaired) electrons. The molecule has 1 aliphatic rings. The molecule has 1 aromatic carbocycles. The average Bonchev–Trinajstić information content (AvgIpc) is 3.02. The van der Waals surface area contributed by atoms with E-state index >= 15 is 0 Å². The van der Waals surface area contributed by atoms with Crippen LogP contribution in [-0.4, -0.2) is 51.2 Å². The van der Waals surface area contributed by atoms with Crippen molar-refractivity contribution < 1.29 is 15.0 Å². The summed E-state index contributed by atoms with van der Waals surface area (Å²) in [6.45, 7) is 4.10. The number of nitrogens with one attached hydrogen (secondary N) is 1. The van der Waals surface area contributed by atoms with Gasteiger partial charge in [0.2, 0.25) is 5.91 Å². The molecule has 0 saturated carbocycles. The highest BCUT2D eigenvalue weighted by Gasteiger charge is 2.29. The van der Waals surface area contributed by atoms with Gasteiger partial charge in [-0.25, -0.2) is 4.98 Å². The van der Waals surface area contributed by atoms with Gasteiger partial charge < -0.3 is 15.5 Å². The van der Waals surface area contributed by atoms with E-state index in [4.69, 9.17) is 0 Å². The topological polar surface area (TPSA) is 85.7 Å². The largest absolute Gasteiger partial charge is 0.508 e. The summed E-state index contributed by atoms with van der Waals surface area (Å²) in [5, 5.41) is 25.7. The maximum Gasteiger partial charge on any atom is 0.220 e. The molecule has 0 spiro atoms. The Morgan fingerprint density at radius 2 is 2.15 bits per heavy atom. The Bertz CT molecular complexity index is 732. The van der Waals surface area contributed by atoms with Crippen LogP contribution in [0, 0.1) is 6.92 Å². The summed E-state index contributed by atoms with van der Waals surface area (Å²) in [5.41, 5.74) is 2.04. The normalized spacial score (nSPS) is 20.8. The van der Waals surface area contributed by atoms with Crippen LogP contribution in [0.2, 0.25) is 0 Å². The molecule has 1 saturated heterocycles. The second-order valence-corrected chi connectivity index (χ2v) is 7.85. The zero-order valence-electron chi connectivity index (χ0n) is 14.9. The van der Waals surface area contributed by atoms with Crippen LogP contribution in [0.1, 0.15) is 29.1 Å². The molecular formula is C19H25N3O3S. The highest BCUT2D eigenvalue weighted by atomic mass is 32.1. The molecule has 1 amide bonds. The molecule has 1 aliphatic heterocycles. The summed E-state index contributed by atoms with van der Waals surface area (Å²) in [6.07, 6.45) is 1.15. The minimum absolute atomic E-state index is 0.0503. The van der Waals surface area contributed by atoms with Gasteiger partial charge in [-0.2, -0.15) is 0 Å². The minimum atomic E-state index is -0.568. The van der Waals surface area contributed by atoms with Crippen LogP contribution in [0.3, 0.4) is 0 Å². The first kappa shape index (κ1) is 18.8. The number of phenolic OH excluding ortho intramolecular Hbond substituents is 1. The predicted octanol–water partition coefficient (Wildman–Crippen LogP) is 1.84. The van der Waals surface area contributed by atoms with Gasteiger partial charge in [-0.1, -0.05) is 12.1 Å². The summed E-state index contributed by atoms with van der Waals surface area (Å²) in [5.74, 6) is 0.173. The van der Waals surface area contributed by atoms with E-state index in [-0.39, 0.29) is 17.7 Å². The number of hydrogen-bond acceptors (Lipinski definition) is 6. The van der Waals surface area contributed by atoms with Crippen molar-refractivity contribution in [1.29, 1.82) is 0 Å². The van der Waals surface area contributed by atoms with Crippen LogP contribution in [0.4, 0.5) is 0 Å². The monoisotopic (exact) mass is 375 g/mol. The molecule has 2 heterocycles. The molecule has 3 rings (SSSR count). The number of carbonyl (C=O) groups excluding carboxylic acids is 1. The van der Waals surface area contributed by atoms with Crippen LogP contribution in [0.15, 0.2) is 29.6 Å². The number of thiazole rings is 1. The molecule has 1 fully saturated rings. The number of β-amino-alcohol motifs (C(OH)–C–C–N with tert-alkyl or cyclic N) is 1. The minimum Gasteiger partial charge on any atom is -0.508 e. The third kappa shape index (κ3) is 5.27. The molecule has 6 nitrogen and oxygen atoms in total. The summed E-state index contributed by atoms with van der Waals surface area (Å²) < 4.78 is 0. The van der Waals surface area contributed by atoms with Gasteiger partial charge in [0, 0.05) is 31.4 Å². The maximum atomic E-state index is 12.2. The van der Waals surface area contributed by atoms with Gasteiger partial charge in [-0.15, -0.1) is 11.3 Å². The fraction of sp³-hybridized carbons (Fsp3) is 0.474. The lowest BCUT2D eigenvalue weighted by molar-refractivity contribution is -0.123. The summed E-state index contributed by atoms with van der Waals surface area (Å²) in [6, 6.07) is 6.68. The summed E-state index contributed by atoms with van der Waals surface area (Å²) in [7, 11) is 0. The van der Waals surface area contributed by atoms with Crippen LogP contribution < -0.4 is 5.32 Å². The van der Waals surface area contributed by atoms with Gasteiger partial charge in [0.25, 0.3) is 0 Å². The van der Waals surface area contributed by atoms with E-state index in [0.717, 1.165) is 35.8 Å². The smallest absolute Gasteiger partial charge is 0.220 e.